The molecule has 1 atom stereocenters. The molecule has 0 amide bonds. The summed E-state index contributed by atoms with van der Waals surface area (Å²) in [5.41, 5.74) is 1.15. The highest BCUT2D eigenvalue weighted by Gasteiger charge is 2.10. The number of alkyl halides is 1. The molecule has 0 fully saturated rings. The van der Waals surface area contributed by atoms with E-state index in [0.29, 0.717) is 18.5 Å². The predicted octanol–water partition coefficient (Wildman–Crippen LogP) is 2.98. The molecule has 1 heterocycles. The molecule has 4 nitrogen and oxygen atoms in total. The van der Waals surface area contributed by atoms with Gasteiger partial charge in [0.2, 0.25) is 5.89 Å². The summed E-state index contributed by atoms with van der Waals surface area (Å²) in [4.78, 5) is 0. The highest BCUT2D eigenvalue weighted by molar-refractivity contribution is 6.20. The average molecular weight is 238 g/mol. The Morgan fingerprint density at radius 2 is 2.06 bits per heavy atom. The van der Waals surface area contributed by atoms with E-state index in [1.807, 2.05) is 30.3 Å². The van der Waals surface area contributed by atoms with E-state index in [1.54, 1.807) is 6.92 Å². The second kappa shape index (κ2) is 4.99. The molecule has 2 aromatic rings. The summed E-state index contributed by atoms with van der Waals surface area (Å²) in [6.45, 7) is 2.44. The van der Waals surface area contributed by atoms with Crippen molar-refractivity contribution >= 4 is 17.6 Å². The van der Waals surface area contributed by atoms with Gasteiger partial charge in [0.15, 0.2) is 0 Å². The number of aromatic nitrogens is 2. The van der Waals surface area contributed by atoms with Gasteiger partial charge in [-0.05, 0) is 12.5 Å². The lowest BCUT2D eigenvalue weighted by Crippen LogP contribution is -1.98. The van der Waals surface area contributed by atoms with Crippen LogP contribution in [0.5, 0.6) is 0 Å². The van der Waals surface area contributed by atoms with Crippen LogP contribution in [-0.2, 0) is 6.54 Å². The molecule has 0 aliphatic heterocycles. The molecular weight excluding hydrogens is 226 g/mol. The molecule has 1 unspecified atom stereocenters. The predicted molar refractivity (Wildman–Crippen MR) is 62.3 cm³/mol. The first kappa shape index (κ1) is 11.0. The SMILES string of the molecule is CC(Cl)c1nnc(NCc2ccccc2)o1. The third-order valence-electron chi connectivity index (χ3n) is 2.07. The summed E-state index contributed by atoms with van der Waals surface area (Å²) in [7, 11) is 0. The summed E-state index contributed by atoms with van der Waals surface area (Å²) >= 11 is 5.81. The van der Waals surface area contributed by atoms with E-state index in [4.69, 9.17) is 16.0 Å². The number of hydrogen-bond donors (Lipinski definition) is 1. The Labute approximate surface area is 98.6 Å². The van der Waals surface area contributed by atoms with E-state index in [-0.39, 0.29) is 5.38 Å². The minimum Gasteiger partial charge on any atom is -0.406 e. The molecule has 5 heteroatoms. The third kappa shape index (κ3) is 2.73. The Morgan fingerprint density at radius 3 is 2.69 bits per heavy atom. The Balaban J connectivity index is 1.95. The zero-order valence-corrected chi connectivity index (χ0v) is 9.61. The molecule has 1 aromatic carbocycles. The summed E-state index contributed by atoms with van der Waals surface area (Å²) in [6, 6.07) is 10.4. The lowest BCUT2D eigenvalue weighted by molar-refractivity contribution is 0.505. The van der Waals surface area contributed by atoms with Gasteiger partial charge in [0.05, 0.1) is 0 Å². The van der Waals surface area contributed by atoms with Crippen molar-refractivity contribution in [2.45, 2.75) is 18.8 Å². The van der Waals surface area contributed by atoms with Gasteiger partial charge in [-0.15, -0.1) is 16.7 Å². The number of hydrogen-bond acceptors (Lipinski definition) is 4. The fraction of sp³-hybridized carbons (Fsp3) is 0.273. The maximum absolute atomic E-state index is 5.81. The zero-order valence-electron chi connectivity index (χ0n) is 8.85. The van der Waals surface area contributed by atoms with E-state index in [9.17, 15) is 0 Å². The monoisotopic (exact) mass is 237 g/mol. The molecule has 0 saturated heterocycles. The molecule has 84 valence electrons. The van der Waals surface area contributed by atoms with Gasteiger partial charge in [-0.2, -0.15) is 0 Å². The smallest absolute Gasteiger partial charge is 0.315 e. The minimum absolute atomic E-state index is 0.264. The highest BCUT2D eigenvalue weighted by Crippen LogP contribution is 2.19. The number of anilines is 1. The number of nitrogens with zero attached hydrogens (tertiary/aromatic N) is 2. The Kier molecular flexibility index (Phi) is 3.41. The van der Waals surface area contributed by atoms with Crippen LogP contribution in [0.15, 0.2) is 34.7 Å². The summed E-state index contributed by atoms with van der Waals surface area (Å²) in [5, 5.41) is 10.4. The molecule has 1 N–H and O–H groups in total. The third-order valence-corrected chi connectivity index (χ3v) is 2.25. The van der Waals surface area contributed by atoms with Gasteiger partial charge in [-0.25, -0.2) is 0 Å². The van der Waals surface area contributed by atoms with Crippen LogP contribution in [-0.4, -0.2) is 10.2 Å². The Bertz CT molecular complexity index is 442. The number of rotatable bonds is 4. The van der Waals surface area contributed by atoms with Gasteiger partial charge in [0.1, 0.15) is 5.38 Å². The normalized spacial score (nSPS) is 12.4. The quantitative estimate of drug-likeness (QED) is 0.831. The molecule has 0 aliphatic rings. The van der Waals surface area contributed by atoms with Gasteiger partial charge in [-0.3, -0.25) is 0 Å². The van der Waals surface area contributed by atoms with Crippen LogP contribution in [0.4, 0.5) is 6.01 Å². The van der Waals surface area contributed by atoms with Crippen LogP contribution in [0.3, 0.4) is 0 Å². The van der Waals surface area contributed by atoms with Crippen molar-refractivity contribution in [3.05, 3.63) is 41.8 Å². The lowest BCUT2D eigenvalue weighted by Gasteiger charge is -2.00. The summed E-state index contributed by atoms with van der Waals surface area (Å²) in [5.74, 6) is 0.428. The average Bonchev–Trinajstić information content (AvgIpc) is 2.76. The van der Waals surface area contributed by atoms with Crippen LogP contribution in [0.25, 0.3) is 0 Å². The number of benzene rings is 1. The minimum atomic E-state index is -0.264. The van der Waals surface area contributed by atoms with Gasteiger partial charge in [0.25, 0.3) is 0 Å². The maximum atomic E-state index is 5.81. The first-order valence-electron chi connectivity index (χ1n) is 5.01. The molecule has 0 bridgehead atoms. The van der Waals surface area contributed by atoms with Crippen LogP contribution in [0.2, 0.25) is 0 Å². The molecule has 2 rings (SSSR count). The van der Waals surface area contributed by atoms with E-state index in [1.165, 1.54) is 0 Å². The number of nitrogens with one attached hydrogen (secondary N) is 1. The van der Waals surface area contributed by atoms with Gasteiger partial charge in [-0.1, -0.05) is 35.4 Å². The topological polar surface area (TPSA) is 51.0 Å². The Hall–Kier alpha value is -1.55. The van der Waals surface area contributed by atoms with Crippen molar-refractivity contribution in [3.63, 3.8) is 0 Å². The van der Waals surface area contributed by atoms with E-state index < -0.39 is 0 Å². The first-order chi connectivity index (χ1) is 7.75. The lowest BCUT2D eigenvalue weighted by atomic mass is 10.2. The van der Waals surface area contributed by atoms with Crippen molar-refractivity contribution in [1.82, 2.24) is 10.2 Å². The van der Waals surface area contributed by atoms with E-state index >= 15 is 0 Å². The Morgan fingerprint density at radius 1 is 1.31 bits per heavy atom. The molecular formula is C11H12ClN3O. The highest BCUT2D eigenvalue weighted by atomic mass is 35.5. The molecule has 16 heavy (non-hydrogen) atoms. The second-order valence-corrected chi connectivity index (χ2v) is 4.06. The largest absolute Gasteiger partial charge is 0.406 e. The van der Waals surface area contributed by atoms with E-state index in [0.717, 1.165) is 5.56 Å². The molecule has 0 radical (unpaired) electrons. The zero-order chi connectivity index (χ0) is 11.4. The van der Waals surface area contributed by atoms with Crippen molar-refractivity contribution < 1.29 is 4.42 Å². The van der Waals surface area contributed by atoms with Gasteiger partial charge < -0.3 is 9.73 Å². The fourth-order valence-corrected chi connectivity index (χ4v) is 1.33. The molecule has 0 spiro atoms. The molecule has 0 aliphatic carbocycles. The van der Waals surface area contributed by atoms with Crippen LogP contribution >= 0.6 is 11.6 Å². The fourth-order valence-electron chi connectivity index (χ4n) is 1.24. The maximum Gasteiger partial charge on any atom is 0.315 e. The second-order valence-electron chi connectivity index (χ2n) is 3.40. The van der Waals surface area contributed by atoms with Crippen molar-refractivity contribution in [2.75, 3.05) is 5.32 Å². The van der Waals surface area contributed by atoms with Crippen LogP contribution < -0.4 is 5.32 Å². The van der Waals surface area contributed by atoms with Crippen molar-refractivity contribution in [2.24, 2.45) is 0 Å². The van der Waals surface area contributed by atoms with Crippen LogP contribution in [0.1, 0.15) is 23.8 Å². The van der Waals surface area contributed by atoms with Crippen molar-refractivity contribution in [3.8, 4) is 0 Å². The van der Waals surface area contributed by atoms with Gasteiger partial charge >= 0.3 is 6.01 Å². The van der Waals surface area contributed by atoms with Gasteiger partial charge in [0, 0.05) is 6.54 Å². The van der Waals surface area contributed by atoms with Crippen LogP contribution in [0, 0.1) is 0 Å². The number of halogens is 1. The molecule has 0 saturated carbocycles. The summed E-state index contributed by atoms with van der Waals surface area (Å²) < 4.78 is 5.30. The standard InChI is InChI=1S/C11H12ClN3O/c1-8(12)10-14-15-11(16-10)13-7-9-5-3-2-4-6-9/h2-6,8H,7H2,1H3,(H,13,15). The molecule has 1 aromatic heterocycles. The summed E-state index contributed by atoms with van der Waals surface area (Å²) in [6.07, 6.45) is 0. The first-order valence-corrected chi connectivity index (χ1v) is 5.44. The van der Waals surface area contributed by atoms with E-state index in [2.05, 4.69) is 15.5 Å². The van der Waals surface area contributed by atoms with Crippen molar-refractivity contribution in [1.29, 1.82) is 0 Å².